The zero-order valence-corrected chi connectivity index (χ0v) is 14.8. The lowest BCUT2D eigenvalue weighted by molar-refractivity contribution is 0.0996. The second kappa shape index (κ2) is 7.75. The Morgan fingerprint density at radius 3 is 2.79 bits per heavy atom. The van der Waals surface area contributed by atoms with Crippen LogP contribution in [-0.2, 0) is 11.3 Å². The number of carbonyl (C=O) groups excluding carboxylic acids is 1. The Morgan fingerprint density at radius 2 is 2.04 bits per heavy atom. The van der Waals surface area contributed by atoms with Gasteiger partial charge < -0.3 is 9.30 Å². The molecule has 0 saturated carbocycles. The van der Waals surface area contributed by atoms with E-state index in [9.17, 15) is 4.79 Å². The highest BCUT2D eigenvalue weighted by Gasteiger charge is 2.09. The molecule has 2 aromatic carbocycles. The summed E-state index contributed by atoms with van der Waals surface area (Å²) < 4.78 is 8.46. The third-order valence-electron chi connectivity index (χ3n) is 3.53. The molecular weight excluding hydrogens is 344 g/mol. The second-order valence-electron chi connectivity index (χ2n) is 5.13. The number of hydrogen-bond acceptors (Lipinski definition) is 3. The molecule has 24 heavy (non-hydrogen) atoms. The van der Waals surface area contributed by atoms with Crippen LogP contribution in [-0.4, -0.2) is 23.7 Å². The minimum Gasteiger partial charge on any atom is -0.380 e. The number of carbonyl (C=O) groups is 1. The van der Waals surface area contributed by atoms with Crippen LogP contribution >= 0.6 is 22.9 Å². The third-order valence-corrected chi connectivity index (χ3v) is 4.80. The van der Waals surface area contributed by atoms with Gasteiger partial charge in [0.15, 0.2) is 4.80 Å². The van der Waals surface area contributed by atoms with E-state index < -0.39 is 0 Å². The van der Waals surface area contributed by atoms with Crippen molar-refractivity contribution in [3.63, 3.8) is 0 Å². The number of aromatic nitrogens is 1. The number of ether oxygens (including phenoxy) is 1. The largest absolute Gasteiger partial charge is 0.380 e. The highest BCUT2D eigenvalue weighted by molar-refractivity contribution is 7.16. The fourth-order valence-electron chi connectivity index (χ4n) is 2.38. The molecule has 3 rings (SSSR count). The SMILES string of the molecule is CCOCCn1c(=NC(=O)c2ccccc2)sc2cc(Cl)ccc21. The van der Waals surface area contributed by atoms with E-state index >= 15 is 0 Å². The monoisotopic (exact) mass is 360 g/mol. The molecule has 0 bridgehead atoms. The molecule has 0 atom stereocenters. The number of rotatable bonds is 5. The molecule has 0 fully saturated rings. The Hall–Kier alpha value is -1.95. The summed E-state index contributed by atoms with van der Waals surface area (Å²) in [7, 11) is 0. The Balaban J connectivity index is 2.06. The molecule has 6 heteroatoms. The molecule has 0 aliphatic carbocycles. The maximum Gasteiger partial charge on any atom is 0.279 e. The summed E-state index contributed by atoms with van der Waals surface area (Å²) in [6, 6.07) is 14.8. The van der Waals surface area contributed by atoms with Crippen molar-refractivity contribution < 1.29 is 9.53 Å². The van der Waals surface area contributed by atoms with Crippen LogP contribution < -0.4 is 4.80 Å². The molecule has 0 aliphatic rings. The molecule has 1 amide bonds. The average molecular weight is 361 g/mol. The molecule has 124 valence electrons. The number of nitrogens with zero attached hydrogens (tertiary/aromatic N) is 2. The van der Waals surface area contributed by atoms with Gasteiger partial charge in [0.1, 0.15) is 0 Å². The van der Waals surface area contributed by atoms with Gasteiger partial charge >= 0.3 is 0 Å². The van der Waals surface area contributed by atoms with Gasteiger partial charge in [0.2, 0.25) is 0 Å². The molecule has 0 N–H and O–H groups in total. The van der Waals surface area contributed by atoms with Crippen molar-refractivity contribution in [2.45, 2.75) is 13.5 Å². The van der Waals surface area contributed by atoms with Crippen LogP contribution in [0.15, 0.2) is 53.5 Å². The third kappa shape index (κ3) is 3.75. The first kappa shape index (κ1) is 16.9. The fourth-order valence-corrected chi connectivity index (χ4v) is 3.71. The molecule has 1 aromatic heterocycles. The predicted molar refractivity (Wildman–Crippen MR) is 97.7 cm³/mol. The summed E-state index contributed by atoms with van der Waals surface area (Å²) >= 11 is 7.54. The van der Waals surface area contributed by atoms with E-state index in [4.69, 9.17) is 16.3 Å². The van der Waals surface area contributed by atoms with Crippen molar-refractivity contribution in [3.8, 4) is 0 Å². The fraction of sp³-hybridized carbons (Fsp3) is 0.222. The maximum absolute atomic E-state index is 12.4. The van der Waals surface area contributed by atoms with Crippen molar-refractivity contribution in [1.82, 2.24) is 4.57 Å². The molecule has 3 aromatic rings. The van der Waals surface area contributed by atoms with E-state index in [0.717, 1.165) is 10.2 Å². The smallest absolute Gasteiger partial charge is 0.279 e. The minimum absolute atomic E-state index is 0.251. The average Bonchev–Trinajstić information content (AvgIpc) is 2.92. The zero-order chi connectivity index (χ0) is 16.9. The van der Waals surface area contributed by atoms with Crippen LogP contribution in [0.2, 0.25) is 5.02 Å². The quantitative estimate of drug-likeness (QED) is 0.642. The number of amides is 1. The first-order valence-corrected chi connectivity index (χ1v) is 8.89. The lowest BCUT2D eigenvalue weighted by atomic mass is 10.2. The normalized spacial score (nSPS) is 12.0. The molecule has 0 spiro atoms. The van der Waals surface area contributed by atoms with Crippen LogP contribution in [0.3, 0.4) is 0 Å². The van der Waals surface area contributed by atoms with E-state index in [0.29, 0.717) is 35.1 Å². The molecule has 0 saturated heterocycles. The van der Waals surface area contributed by atoms with Crippen molar-refractivity contribution in [2.24, 2.45) is 4.99 Å². The van der Waals surface area contributed by atoms with Gasteiger partial charge in [-0.1, -0.05) is 41.1 Å². The Labute approximate surface area is 149 Å². The van der Waals surface area contributed by atoms with Crippen LogP contribution in [0.25, 0.3) is 10.2 Å². The summed E-state index contributed by atoms with van der Waals surface area (Å²) in [4.78, 5) is 17.4. The van der Waals surface area contributed by atoms with Crippen LogP contribution in [0, 0.1) is 0 Å². The van der Waals surface area contributed by atoms with Crippen molar-refractivity contribution >= 4 is 39.1 Å². The van der Waals surface area contributed by atoms with Crippen LogP contribution in [0.4, 0.5) is 0 Å². The molecule has 0 aliphatic heterocycles. The van der Waals surface area contributed by atoms with Crippen molar-refractivity contribution in [3.05, 3.63) is 63.9 Å². The van der Waals surface area contributed by atoms with E-state index in [1.807, 2.05) is 47.9 Å². The van der Waals surface area contributed by atoms with Gasteiger partial charge in [0.05, 0.1) is 16.8 Å². The number of benzene rings is 2. The first-order valence-electron chi connectivity index (χ1n) is 7.70. The Kier molecular flexibility index (Phi) is 5.45. The lowest BCUT2D eigenvalue weighted by Crippen LogP contribution is -2.19. The lowest BCUT2D eigenvalue weighted by Gasteiger charge is -2.05. The standard InChI is InChI=1S/C18H17ClN2O2S/c1-2-23-11-10-21-15-9-8-14(19)12-16(15)24-18(21)20-17(22)13-6-4-3-5-7-13/h3-9,12H,2,10-11H2,1H3. The summed E-state index contributed by atoms with van der Waals surface area (Å²) in [5, 5.41) is 0.668. The highest BCUT2D eigenvalue weighted by atomic mass is 35.5. The van der Waals surface area contributed by atoms with E-state index in [-0.39, 0.29) is 5.91 Å². The molecule has 0 radical (unpaired) electrons. The Morgan fingerprint density at radius 1 is 1.25 bits per heavy atom. The molecule has 0 unspecified atom stereocenters. The van der Waals surface area contributed by atoms with Gasteiger partial charge in [-0.3, -0.25) is 4.79 Å². The minimum atomic E-state index is -0.251. The molecule has 4 nitrogen and oxygen atoms in total. The van der Waals surface area contributed by atoms with Crippen LogP contribution in [0.5, 0.6) is 0 Å². The van der Waals surface area contributed by atoms with Gasteiger partial charge in [-0.25, -0.2) is 0 Å². The summed E-state index contributed by atoms with van der Waals surface area (Å²) in [5.74, 6) is -0.251. The number of halogens is 1. The Bertz CT molecular complexity index is 916. The van der Waals surface area contributed by atoms with Gasteiger partial charge in [0, 0.05) is 23.7 Å². The zero-order valence-electron chi connectivity index (χ0n) is 13.2. The number of thiazole rings is 1. The van der Waals surface area contributed by atoms with Gasteiger partial charge in [-0.2, -0.15) is 4.99 Å². The second-order valence-corrected chi connectivity index (χ2v) is 6.57. The predicted octanol–water partition coefficient (Wildman–Crippen LogP) is 4.13. The summed E-state index contributed by atoms with van der Waals surface area (Å²) in [6.07, 6.45) is 0. The van der Waals surface area contributed by atoms with E-state index in [1.165, 1.54) is 11.3 Å². The van der Waals surface area contributed by atoms with Crippen molar-refractivity contribution in [2.75, 3.05) is 13.2 Å². The van der Waals surface area contributed by atoms with Gasteiger partial charge in [0.25, 0.3) is 5.91 Å². The number of hydrogen-bond donors (Lipinski definition) is 0. The van der Waals surface area contributed by atoms with Crippen LogP contribution in [0.1, 0.15) is 17.3 Å². The maximum atomic E-state index is 12.4. The van der Waals surface area contributed by atoms with Crippen molar-refractivity contribution in [1.29, 1.82) is 0 Å². The molecular formula is C18H17ClN2O2S. The number of fused-ring (bicyclic) bond motifs is 1. The molecule has 1 heterocycles. The van der Waals surface area contributed by atoms with E-state index in [1.54, 1.807) is 12.1 Å². The summed E-state index contributed by atoms with van der Waals surface area (Å²) in [6.45, 7) is 3.82. The van der Waals surface area contributed by atoms with E-state index in [2.05, 4.69) is 4.99 Å². The summed E-state index contributed by atoms with van der Waals surface area (Å²) in [5.41, 5.74) is 1.58. The van der Waals surface area contributed by atoms with Gasteiger partial charge in [-0.15, -0.1) is 0 Å². The first-order chi connectivity index (χ1) is 11.7. The highest BCUT2D eigenvalue weighted by Crippen LogP contribution is 2.22. The topological polar surface area (TPSA) is 43.6 Å². The van der Waals surface area contributed by atoms with Gasteiger partial charge in [-0.05, 0) is 37.3 Å².